The van der Waals surface area contributed by atoms with E-state index in [0.717, 1.165) is 42.3 Å². The van der Waals surface area contributed by atoms with Crippen molar-refractivity contribution in [3.05, 3.63) is 65.7 Å². The van der Waals surface area contributed by atoms with E-state index < -0.39 is 18.1 Å². The number of amides is 1. The van der Waals surface area contributed by atoms with E-state index in [9.17, 15) is 14.7 Å². The van der Waals surface area contributed by atoms with Gasteiger partial charge in [-0.25, -0.2) is 4.79 Å². The first kappa shape index (κ1) is 24.6. The van der Waals surface area contributed by atoms with Gasteiger partial charge in [0.2, 0.25) is 0 Å². The van der Waals surface area contributed by atoms with Crippen LogP contribution in [0.15, 0.2) is 54.6 Å². The molecule has 33 heavy (non-hydrogen) atoms. The number of carbonyl (C=O) groups excluding carboxylic acids is 1. The first-order valence-electron chi connectivity index (χ1n) is 11.7. The maximum atomic E-state index is 12.2. The molecule has 3 N–H and O–H groups in total. The van der Waals surface area contributed by atoms with Crippen LogP contribution >= 0.6 is 0 Å². The van der Waals surface area contributed by atoms with Gasteiger partial charge in [0.1, 0.15) is 12.4 Å². The Labute approximate surface area is 195 Å². The van der Waals surface area contributed by atoms with E-state index in [1.54, 1.807) is 0 Å². The van der Waals surface area contributed by atoms with E-state index >= 15 is 0 Å². The van der Waals surface area contributed by atoms with Gasteiger partial charge >= 0.3 is 12.1 Å². The van der Waals surface area contributed by atoms with Crippen molar-refractivity contribution in [1.29, 1.82) is 0 Å². The molecule has 0 aromatic heterocycles. The summed E-state index contributed by atoms with van der Waals surface area (Å²) in [5.74, 6) is 0.626. The number of carbonyl (C=O) groups is 2. The molecule has 0 aliphatic carbocycles. The number of alkyl carbamates (subject to hydrolysis) is 1. The van der Waals surface area contributed by atoms with E-state index in [4.69, 9.17) is 9.47 Å². The number of carboxylic acids is 1. The summed E-state index contributed by atoms with van der Waals surface area (Å²) in [4.78, 5) is 23.4. The largest absolute Gasteiger partial charge is 0.494 e. The molecule has 7 nitrogen and oxygen atoms in total. The molecule has 2 aromatic rings. The Morgan fingerprint density at radius 3 is 2.45 bits per heavy atom. The van der Waals surface area contributed by atoms with Gasteiger partial charge in [-0.15, -0.1) is 0 Å². The SMILES string of the molecule is O=C(O)C[C@H](Cc1ccc(OCCCC2CCNCC2)cc1)NC(=O)OCc1ccccc1. The molecule has 1 heterocycles. The van der Waals surface area contributed by atoms with E-state index in [1.165, 1.54) is 19.3 Å². The highest BCUT2D eigenvalue weighted by molar-refractivity contribution is 5.71. The second-order valence-corrected chi connectivity index (χ2v) is 8.53. The molecular weight excluding hydrogens is 420 g/mol. The lowest BCUT2D eigenvalue weighted by molar-refractivity contribution is -0.137. The number of benzene rings is 2. The van der Waals surface area contributed by atoms with Crippen LogP contribution in [0.4, 0.5) is 4.79 Å². The van der Waals surface area contributed by atoms with Crippen molar-refractivity contribution in [2.24, 2.45) is 5.92 Å². The van der Waals surface area contributed by atoms with Gasteiger partial charge in [-0.1, -0.05) is 42.5 Å². The smallest absolute Gasteiger partial charge is 0.407 e. The Balaban J connectivity index is 1.42. The highest BCUT2D eigenvalue weighted by atomic mass is 16.5. The number of nitrogens with one attached hydrogen (secondary N) is 2. The molecule has 0 spiro atoms. The maximum Gasteiger partial charge on any atom is 0.407 e. The summed E-state index contributed by atoms with van der Waals surface area (Å²) in [6.45, 7) is 3.07. The third-order valence-corrected chi connectivity index (χ3v) is 5.85. The van der Waals surface area contributed by atoms with Gasteiger partial charge in [0, 0.05) is 6.04 Å². The molecular formula is C26H34N2O5. The lowest BCUT2D eigenvalue weighted by atomic mass is 9.93. The molecule has 1 saturated heterocycles. The lowest BCUT2D eigenvalue weighted by Gasteiger charge is -2.22. The van der Waals surface area contributed by atoms with Crippen molar-refractivity contribution in [3.63, 3.8) is 0 Å². The van der Waals surface area contributed by atoms with Crippen LogP contribution in [0.2, 0.25) is 0 Å². The summed E-state index contributed by atoms with van der Waals surface area (Å²) in [5.41, 5.74) is 1.79. The predicted molar refractivity (Wildman–Crippen MR) is 126 cm³/mol. The monoisotopic (exact) mass is 454 g/mol. The number of ether oxygens (including phenoxy) is 2. The number of hydrogen-bond acceptors (Lipinski definition) is 5. The van der Waals surface area contributed by atoms with Gasteiger partial charge in [-0.05, 0) is 74.4 Å². The molecule has 3 rings (SSSR count). The Kier molecular flexibility index (Phi) is 10.0. The second kappa shape index (κ2) is 13.5. The van der Waals surface area contributed by atoms with Crippen molar-refractivity contribution in [2.75, 3.05) is 19.7 Å². The first-order chi connectivity index (χ1) is 16.1. The molecule has 1 aliphatic heterocycles. The van der Waals surface area contributed by atoms with Crippen molar-refractivity contribution >= 4 is 12.1 Å². The quantitative estimate of drug-likeness (QED) is 0.417. The van der Waals surface area contributed by atoms with Crippen LogP contribution in [-0.4, -0.2) is 42.9 Å². The highest BCUT2D eigenvalue weighted by Gasteiger charge is 2.18. The molecule has 1 amide bonds. The van der Waals surface area contributed by atoms with Crippen LogP contribution in [0.25, 0.3) is 0 Å². The number of aliphatic carboxylic acids is 1. The zero-order chi connectivity index (χ0) is 23.3. The first-order valence-corrected chi connectivity index (χ1v) is 11.7. The van der Waals surface area contributed by atoms with Crippen molar-refractivity contribution in [3.8, 4) is 5.75 Å². The molecule has 1 atom stereocenters. The third-order valence-electron chi connectivity index (χ3n) is 5.85. The minimum atomic E-state index is -0.975. The second-order valence-electron chi connectivity index (χ2n) is 8.53. The van der Waals surface area contributed by atoms with Gasteiger partial charge in [0.05, 0.1) is 13.0 Å². The predicted octanol–water partition coefficient (Wildman–Crippen LogP) is 4.16. The Hall–Kier alpha value is -3.06. The minimum Gasteiger partial charge on any atom is -0.494 e. The molecule has 7 heteroatoms. The molecule has 0 saturated carbocycles. The lowest BCUT2D eigenvalue weighted by Crippen LogP contribution is -2.38. The molecule has 2 aromatic carbocycles. The van der Waals surface area contributed by atoms with Crippen LogP contribution < -0.4 is 15.4 Å². The summed E-state index contributed by atoms with van der Waals surface area (Å²) >= 11 is 0. The van der Waals surface area contributed by atoms with Gasteiger partial charge in [-0.3, -0.25) is 4.79 Å². The Bertz CT molecular complexity index is 851. The van der Waals surface area contributed by atoms with Crippen LogP contribution in [0.1, 0.15) is 43.2 Å². The normalized spacial score (nSPS) is 14.9. The summed E-state index contributed by atoms with van der Waals surface area (Å²) in [6.07, 6.45) is 4.32. The van der Waals surface area contributed by atoms with Gasteiger partial charge in [0.25, 0.3) is 0 Å². The molecule has 0 bridgehead atoms. The number of piperidine rings is 1. The number of hydrogen-bond donors (Lipinski definition) is 3. The van der Waals surface area contributed by atoms with Crippen molar-refractivity contribution in [1.82, 2.24) is 10.6 Å². The molecule has 0 unspecified atom stereocenters. The summed E-state index contributed by atoms with van der Waals surface area (Å²) in [5, 5.41) is 15.3. The summed E-state index contributed by atoms with van der Waals surface area (Å²) in [7, 11) is 0. The van der Waals surface area contributed by atoms with E-state index in [2.05, 4.69) is 10.6 Å². The van der Waals surface area contributed by atoms with Gasteiger partial charge in [-0.2, -0.15) is 0 Å². The van der Waals surface area contributed by atoms with E-state index in [1.807, 2.05) is 54.6 Å². The minimum absolute atomic E-state index is 0.135. The fraction of sp³-hybridized carbons (Fsp3) is 0.462. The van der Waals surface area contributed by atoms with Gasteiger partial charge < -0.3 is 25.2 Å². The topological polar surface area (TPSA) is 96.9 Å². The standard InChI is InChI=1S/C26H34N2O5/c29-25(30)18-23(28-26(31)33-19-22-5-2-1-3-6-22)17-21-8-10-24(11-9-21)32-16-4-7-20-12-14-27-15-13-20/h1-3,5-6,8-11,20,23,27H,4,7,12-19H2,(H,28,31)(H,29,30)/t23-/m0/s1. The maximum absolute atomic E-state index is 12.2. The van der Waals surface area contributed by atoms with Crippen molar-refractivity contribution in [2.45, 2.75) is 51.2 Å². The zero-order valence-corrected chi connectivity index (χ0v) is 19.0. The van der Waals surface area contributed by atoms with Gasteiger partial charge in [0.15, 0.2) is 0 Å². The molecule has 1 aliphatic rings. The Morgan fingerprint density at radius 2 is 1.76 bits per heavy atom. The highest BCUT2D eigenvalue weighted by Crippen LogP contribution is 2.19. The van der Waals surface area contributed by atoms with Crippen LogP contribution in [0, 0.1) is 5.92 Å². The fourth-order valence-corrected chi connectivity index (χ4v) is 4.06. The van der Waals surface area contributed by atoms with Crippen LogP contribution in [-0.2, 0) is 22.6 Å². The Morgan fingerprint density at radius 1 is 1.03 bits per heavy atom. The van der Waals surface area contributed by atoms with Crippen LogP contribution in [0.3, 0.4) is 0 Å². The zero-order valence-electron chi connectivity index (χ0n) is 19.0. The third kappa shape index (κ3) is 9.53. The molecule has 178 valence electrons. The number of rotatable bonds is 12. The summed E-state index contributed by atoms with van der Waals surface area (Å²) < 4.78 is 11.1. The van der Waals surface area contributed by atoms with Crippen LogP contribution in [0.5, 0.6) is 5.75 Å². The average Bonchev–Trinajstić information content (AvgIpc) is 2.82. The van der Waals surface area contributed by atoms with E-state index in [0.29, 0.717) is 13.0 Å². The average molecular weight is 455 g/mol. The van der Waals surface area contributed by atoms with E-state index in [-0.39, 0.29) is 13.0 Å². The molecule has 0 radical (unpaired) electrons. The summed E-state index contributed by atoms with van der Waals surface area (Å²) in [6, 6.07) is 16.4. The van der Waals surface area contributed by atoms with Crippen molar-refractivity contribution < 1.29 is 24.2 Å². The number of carboxylic acid groups (broad SMARTS) is 1. The molecule has 1 fully saturated rings. The fourth-order valence-electron chi connectivity index (χ4n) is 4.06.